The van der Waals surface area contributed by atoms with Crippen molar-refractivity contribution in [2.24, 2.45) is 5.92 Å². The van der Waals surface area contributed by atoms with E-state index in [0.29, 0.717) is 0 Å². The summed E-state index contributed by atoms with van der Waals surface area (Å²) in [5.74, 6) is 0.944. The van der Waals surface area contributed by atoms with Crippen molar-refractivity contribution >= 4 is 0 Å². The average Bonchev–Trinajstić information content (AvgIpc) is 1.96. The molecule has 2 unspecified atom stereocenters. The number of rotatable bonds is 0. The van der Waals surface area contributed by atoms with E-state index in [1.807, 2.05) is 0 Å². The number of hydrogen-bond donors (Lipinski definition) is 0. The van der Waals surface area contributed by atoms with Gasteiger partial charge in [-0.3, -0.25) is 0 Å². The molecule has 1 aliphatic rings. The number of likely N-dealkylation sites (tertiary alicyclic amines) is 1. The van der Waals surface area contributed by atoms with Crippen LogP contribution in [0.2, 0.25) is 0 Å². The summed E-state index contributed by atoms with van der Waals surface area (Å²) >= 11 is 0. The van der Waals surface area contributed by atoms with E-state index < -0.39 is 0 Å². The molecule has 1 rings (SSSR count). The minimum absolute atomic E-state index is 0.803. The molecule has 0 aliphatic carbocycles. The fourth-order valence-electron chi connectivity index (χ4n) is 1.79. The van der Waals surface area contributed by atoms with E-state index >= 15 is 0 Å². The highest BCUT2D eigenvalue weighted by Gasteiger charge is 2.16. The van der Waals surface area contributed by atoms with Crippen molar-refractivity contribution in [2.75, 3.05) is 13.6 Å². The predicted molar refractivity (Wildman–Crippen MR) is 45.1 cm³/mol. The predicted octanol–water partition coefficient (Wildman–Crippen LogP) is 2.13. The van der Waals surface area contributed by atoms with Crippen LogP contribution in [0.5, 0.6) is 0 Å². The minimum Gasteiger partial charge on any atom is -0.304 e. The maximum atomic E-state index is 2.48. The van der Waals surface area contributed by atoms with E-state index in [1.54, 1.807) is 0 Å². The van der Waals surface area contributed by atoms with Crippen LogP contribution in [0, 0.1) is 5.92 Å². The normalized spacial score (nSPS) is 37.5. The molecule has 0 bridgehead atoms. The van der Waals surface area contributed by atoms with Gasteiger partial charge in [-0.1, -0.05) is 6.92 Å². The smallest absolute Gasteiger partial charge is 0.00664 e. The lowest BCUT2D eigenvalue weighted by molar-refractivity contribution is 0.255. The number of hydrogen-bond acceptors (Lipinski definition) is 1. The Balaban J connectivity index is 2.41. The van der Waals surface area contributed by atoms with Gasteiger partial charge in [0.2, 0.25) is 0 Å². The first-order valence-electron chi connectivity index (χ1n) is 4.40. The highest BCUT2D eigenvalue weighted by Crippen LogP contribution is 2.19. The fraction of sp³-hybridized carbons (Fsp3) is 1.00. The van der Waals surface area contributed by atoms with Crippen LogP contribution in [0.1, 0.15) is 33.1 Å². The third-order valence-corrected chi connectivity index (χ3v) is 2.70. The standard InChI is InChI=1S/C9H19N/c1-8-5-4-6-10(3)9(2)7-8/h8-9H,4-7H2,1-3H3. The lowest BCUT2D eigenvalue weighted by Crippen LogP contribution is -2.28. The monoisotopic (exact) mass is 141 g/mol. The Hall–Kier alpha value is -0.0400. The summed E-state index contributed by atoms with van der Waals surface area (Å²) in [4.78, 5) is 2.48. The summed E-state index contributed by atoms with van der Waals surface area (Å²) < 4.78 is 0. The van der Waals surface area contributed by atoms with Gasteiger partial charge in [0.15, 0.2) is 0 Å². The van der Waals surface area contributed by atoms with Crippen LogP contribution < -0.4 is 0 Å². The largest absolute Gasteiger partial charge is 0.304 e. The second-order valence-corrected chi connectivity index (χ2v) is 3.81. The zero-order chi connectivity index (χ0) is 7.56. The van der Waals surface area contributed by atoms with Crippen molar-refractivity contribution in [3.63, 3.8) is 0 Å². The summed E-state index contributed by atoms with van der Waals surface area (Å²) in [7, 11) is 2.24. The second kappa shape index (κ2) is 3.38. The van der Waals surface area contributed by atoms with Gasteiger partial charge in [-0.25, -0.2) is 0 Å². The fourth-order valence-corrected chi connectivity index (χ4v) is 1.79. The molecule has 1 saturated heterocycles. The quantitative estimate of drug-likeness (QED) is 0.499. The summed E-state index contributed by atoms with van der Waals surface area (Å²) in [5, 5.41) is 0. The van der Waals surface area contributed by atoms with Gasteiger partial charge >= 0.3 is 0 Å². The molecule has 0 aromatic heterocycles. The number of nitrogens with zero attached hydrogens (tertiary/aromatic N) is 1. The molecule has 1 heteroatoms. The molecule has 10 heavy (non-hydrogen) atoms. The van der Waals surface area contributed by atoms with E-state index in [-0.39, 0.29) is 0 Å². The summed E-state index contributed by atoms with van der Waals surface area (Å²) in [6, 6.07) is 0.803. The molecule has 0 radical (unpaired) electrons. The van der Waals surface area contributed by atoms with Gasteiger partial charge in [0.05, 0.1) is 0 Å². The summed E-state index contributed by atoms with van der Waals surface area (Å²) in [6.45, 7) is 6.00. The van der Waals surface area contributed by atoms with Gasteiger partial charge in [-0.15, -0.1) is 0 Å². The second-order valence-electron chi connectivity index (χ2n) is 3.81. The molecule has 1 nitrogen and oxygen atoms in total. The Morgan fingerprint density at radius 2 is 2.00 bits per heavy atom. The van der Waals surface area contributed by atoms with Crippen molar-refractivity contribution in [1.82, 2.24) is 4.90 Å². The maximum absolute atomic E-state index is 2.48. The zero-order valence-corrected chi connectivity index (χ0v) is 7.43. The first-order chi connectivity index (χ1) is 4.70. The molecule has 60 valence electrons. The van der Waals surface area contributed by atoms with Crippen LogP contribution in [-0.2, 0) is 0 Å². The van der Waals surface area contributed by atoms with Gasteiger partial charge < -0.3 is 4.90 Å². The van der Waals surface area contributed by atoms with E-state index in [0.717, 1.165) is 12.0 Å². The van der Waals surface area contributed by atoms with Crippen LogP contribution in [0.15, 0.2) is 0 Å². The van der Waals surface area contributed by atoms with Crippen LogP contribution in [0.4, 0.5) is 0 Å². The molecule has 0 saturated carbocycles. The summed E-state index contributed by atoms with van der Waals surface area (Å²) in [5.41, 5.74) is 0. The average molecular weight is 141 g/mol. The zero-order valence-electron chi connectivity index (χ0n) is 7.43. The SMILES string of the molecule is CC1CCCN(C)C(C)C1. The van der Waals surface area contributed by atoms with Gasteiger partial charge in [0, 0.05) is 6.04 Å². The van der Waals surface area contributed by atoms with E-state index in [9.17, 15) is 0 Å². The van der Waals surface area contributed by atoms with E-state index in [1.165, 1.54) is 25.8 Å². The van der Waals surface area contributed by atoms with Crippen molar-refractivity contribution in [3.05, 3.63) is 0 Å². The Kier molecular flexibility index (Phi) is 2.72. The minimum atomic E-state index is 0.803. The summed E-state index contributed by atoms with van der Waals surface area (Å²) in [6.07, 6.45) is 4.20. The Bertz CT molecular complexity index is 101. The Morgan fingerprint density at radius 3 is 2.70 bits per heavy atom. The first-order valence-corrected chi connectivity index (χ1v) is 4.40. The lowest BCUT2D eigenvalue weighted by atomic mass is 10.0. The molecular weight excluding hydrogens is 122 g/mol. The van der Waals surface area contributed by atoms with Crippen LogP contribution in [-0.4, -0.2) is 24.5 Å². The first kappa shape index (κ1) is 8.06. The molecule has 1 heterocycles. The van der Waals surface area contributed by atoms with Crippen molar-refractivity contribution in [1.29, 1.82) is 0 Å². The van der Waals surface area contributed by atoms with Crippen molar-refractivity contribution < 1.29 is 0 Å². The molecule has 1 fully saturated rings. The molecular formula is C9H19N. The molecule has 0 N–H and O–H groups in total. The molecule has 1 aliphatic heterocycles. The maximum Gasteiger partial charge on any atom is 0.00664 e. The van der Waals surface area contributed by atoms with Crippen LogP contribution in [0.3, 0.4) is 0 Å². The molecule has 0 aromatic rings. The highest BCUT2D eigenvalue weighted by atomic mass is 15.1. The molecule has 0 aromatic carbocycles. The van der Waals surface area contributed by atoms with Crippen LogP contribution >= 0.6 is 0 Å². The van der Waals surface area contributed by atoms with Gasteiger partial charge in [-0.2, -0.15) is 0 Å². The van der Waals surface area contributed by atoms with Crippen LogP contribution in [0.25, 0.3) is 0 Å². The third-order valence-electron chi connectivity index (χ3n) is 2.70. The van der Waals surface area contributed by atoms with E-state index in [2.05, 4.69) is 25.8 Å². The lowest BCUT2D eigenvalue weighted by Gasteiger charge is -2.21. The van der Waals surface area contributed by atoms with Crippen molar-refractivity contribution in [2.45, 2.75) is 39.2 Å². The highest BCUT2D eigenvalue weighted by molar-refractivity contribution is 4.71. The van der Waals surface area contributed by atoms with Crippen molar-refractivity contribution in [3.8, 4) is 0 Å². The topological polar surface area (TPSA) is 3.24 Å². The van der Waals surface area contributed by atoms with E-state index in [4.69, 9.17) is 0 Å². The molecule has 2 atom stereocenters. The van der Waals surface area contributed by atoms with Gasteiger partial charge in [-0.05, 0) is 45.7 Å². The third kappa shape index (κ3) is 1.98. The Morgan fingerprint density at radius 1 is 1.30 bits per heavy atom. The molecule has 0 spiro atoms. The molecule has 0 amide bonds. The van der Waals surface area contributed by atoms with Gasteiger partial charge in [0.25, 0.3) is 0 Å². The Labute approximate surface area is 64.4 Å². The van der Waals surface area contributed by atoms with Gasteiger partial charge in [0.1, 0.15) is 0 Å².